The predicted octanol–water partition coefficient (Wildman–Crippen LogP) is 3.39. The topological polar surface area (TPSA) is 59.8 Å². The van der Waals surface area contributed by atoms with Crippen LogP contribution in [0.3, 0.4) is 0 Å². The quantitative estimate of drug-likeness (QED) is 0.806. The van der Waals surface area contributed by atoms with Gasteiger partial charge in [-0.1, -0.05) is 29.8 Å². The molecule has 2 heterocycles. The van der Waals surface area contributed by atoms with Gasteiger partial charge in [-0.2, -0.15) is 5.10 Å². The van der Waals surface area contributed by atoms with Crippen molar-refractivity contribution in [2.45, 2.75) is 0 Å². The van der Waals surface area contributed by atoms with Crippen LogP contribution < -0.4 is 5.32 Å². The third-order valence-corrected chi connectivity index (χ3v) is 3.47. The van der Waals surface area contributed by atoms with Crippen molar-refractivity contribution < 1.29 is 4.79 Å². The highest BCUT2D eigenvalue weighted by Crippen LogP contribution is 2.29. The Kier molecular flexibility index (Phi) is 3.89. The van der Waals surface area contributed by atoms with Crippen LogP contribution in [0, 0.1) is 0 Å². The first-order valence-corrected chi connectivity index (χ1v) is 7.03. The van der Waals surface area contributed by atoms with Crippen molar-refractivity contribution >= 4 is 23.2 Å². The number of nitrogens with one attached hydrogen (secondary N) is 1. The molecule has 0 radical (unpaired) electrons. The number of aryl methyl sites for hydroxylation is 1. The third-order valence-electron chi connectivity index (χ3n) is 3.14. The van der Waals surface area contributed by atoms with Crippen molar-refractivity contribution in [1.82, 2.24) is 14.8 Å². The maximum atomic E-state index is 12.5. The summed E-state index contributed by atoms with van der Waals surface area (Å²) in [5.41, 5.74) is 2.42. The number of hydrogen-bond acceptors (Lipinski definition) is 3. The fourth-order valence-corrected chi connectivity index (χ4v) is 2.37. The SMILES string of the molecule is Cn1cc(C(=O)Nc2ccncc2)c(-c2ccccc2Cl)n1. The van der Waals surface area contributed by atoms with Crippen molar-refractivity contribution in [2.24, 2.45) is 7.05 Å². The number of hydrogen-bond donors (Lipinski definition) is 1. The van der Waals surface area contributed by atoms with Gasteiger partial charge in [0.2, 0.25) is 0 Å². The second-order valence-corrected chi connectivity index (χ2v) is 5.14. The maximum Gasteiger partial charge on any atom is 0.259 e. The van der Waals surface area contributed by atoms with Gasteiger partial charge in [0.1, 0.15) is 5.69 Å². The zero-order valence-electron chi connectivity index (χ0n) is 11.8. The molecular weight excluding hydrogens is 300 g/mol. The lowest BCUT2D eigenvalue weighted by molar-refractivity contribution is 0.102. The number of aromatic nitrogens is 3. The van der Waals surface area contributed by atoms with E-state index in [4.69, 9.17) is 11.6 Å². The minimum atomic E-state index is -0.241. The van der Waals surface area contributed by atoms with Crippen molar-refractivity contribution in [3.8, 4) is 11.3 Å². The van der Waals surface area contributed by atoms with Crippen molar-refractivity contribution in [3.63, 3.8) is 0 Å². The Bertz CT molecular complexity index is 814. The molecule has 2 aromatic heterocycles. The molecule has 3 rings (SSSR count). The van der Waals surface area contributed by atoms with Gasteiger partial charge in [0.05, 0.1) is 10.6 Å². The first-order chi connectivity index (χ1) is 10.6. The van der Waals surface area contributed by atoms with Crippen LogP contribution in [0.2, 0.25) is 5.02 Å². The lowest BCUT2D eigenvalue weighted by atomic mass is 10.1. The Balaban J connectivity index is 1.98. The number of amides is 1. The van der Waals surface area contributed by atoms with Gasteiger partial charge in [-0.05, 0) is 18.2 Å². The Labute approximate surface area is 132 Å². The molecule has 0 aliphatic heterocycles. The Morgan fingerprint density at radius 3 is 2.64 bits per heavy atom. The van der Waals surface area contributed by atoms with Crippen LogP contribution in [0.15, 0.2) is 55.0 Å². The second-order valence-electron chi connectivity index (χ2n) is 4.73. The van der Waals surface area contributed by atoms with Gasteiger partial charge in [0.25, 0.3) is 5.91 Å². The van der Waals surface area contributed by atoms with Gasteiger partial charge in [-0.3, -0.25) is 14.5 Å². The molecule has 0 aliphatic carbocycles. The largest absolute Gasteiger partial charge is 0.322 e. The van der Waals surface area contributed by atoms with E-state index in [-0.39, 0.29) is 5.91 Å². The lowest BCUT2D eigenvalue weighted by Crippen LogP contribution is -2.12. The van der Waals surface area contributed by atoms with Gasteiger partial charge in [0, 0.05) is 36.9 Å². The van der Waals surface area contributed by atoms with E-state index < -0.39 is 0 Å². The van der Waals surface area contributed by atoms with E-state index in [9.17, 15) is 4.79 Å². The Morgan fingerprint density at radius 1 is 1.18 bits per heavy atom. The summed E-state index contributed by atoms with van der Waals surface area (Å²) >= 11 is 6.22. The summed E-state index contributed by atoms with van der Waals surface area (Å²) in [6.07, 6.45) is 4.91. The summed E-state index contributed by atoms with van der Waals surface area (Å²) in [5, 5.41) is 7.74. The molecule has 0 fully saturated rings. The van der Waals surface area contributed by atoms with Gasteiger partial charge < -0.3 is 5.32 Å². The molecule has 0 saturated heterocycles. The predicted molar refractivity (Wildman–Crippen MR) is 85.8 cm³/mol. The molecule has 110 valence electrons. The number of rotatable bonds is 3. The Hall–Kier alpha value is -2.66. The number of anilines is 1. The summed E-state index contributed by atoms with van der Waals surface area (Å²) in [7, 11) is 1.77. The average molecular weight is 313 g/mol. The summed E-state index contributed by atoms with van der Waals surface area (Å²) in [5.74, 6) is -0.241. The number of carbonyl (C=O) groups excluding carboxylic acids is 1. The number of halogens is 1. The number of nitrogens with zero attached hydrogens (tertiary/aromatic N) is 3. The van der Waals surface area contributed by atoms with Crippen LogP contribution in [0.4, 0.5) is 5.69 Å². The summed E-state index contributed by atoms with van der Waals surface area (Å²) in [4.78, 5) is 16.4. The van der Waals surface area contributed by atoms with Gasteiger partial charge in [-0.15, -0.1) is 0 Å². The van der Waals surface area contributed by atoms with E-state index in [0.717, 1.165) is 5.56 Å². The van der Waals surface area contributed by atoms with Gasteiger partial charge in [0.15, 0.2) is 0 Å². The van der Waals surface area contributed by atoms with Crippen molar-refractivity contribution in [2.75, 3.05) is 5.32 Å². The van der Waals surface area contributed by atoms with Crippen LogP contribution in [-0.4, -0.2) is 20.7 Å². The second kappa shape index (κ2) is 5.99. The lowest BCUT2D eigenvalue weighted by Gasteiger charge is -2.06. The summed E-state index contributed by atoms with van der Waals surface area (Å²) in [6, 6.07) is 10.8. The average Bonchev–Trinajstić information content (AvgIpc) is 2.90. The van der Waals surface area contributed by atoms with Crippen LogP contribution in [-0.2, 0) is 7.05 Å². The number of carbonyl (C=O) groups is 1. The van der Waals surface area contributed by atoms with Gasteiger partial charge >= 0.3 is 0 Å². The molecule has 3 aromatic rings. The molecule has 0 spiro atoms. The van der Waals surface area contributed by atoms with E-state index >= 15 is 0 Å². The molecule has 22 heavy (non-hydrogen) atoms. The Morgan fingerprint density at radius 2 is 1.91 bits per heavy atom. The zero-order valence-corrected chi connectivity index (χ0v) is 12.6. The fourth-order valence-electron chi connectivity index (χ4n) is 2.14. The molecule has 1 amide bonds. The molecule has 1 N–H and O–H groups in total. The maximum absolute atomic E-state index is 12.5. The van der Waals surface area contributed by atoms with Crippen molar-refractivity contribution in [1.29, 1.82) is 0 Å². The summed E-state index contributed by atoms with van der Waals surface area (Å²) in [6.45, 7) is 0. The van der Waals surface area contributed by atoms with E-state index in [2.05, 4.69) is 15.4 Å². The van der Waals surface area contributed by atoms with E-state index in [1.54, 1.807) is 48.5 Å². The highest BCUT2D eigenvalue weighted by Gasteiger charge is 2.18. The summed E-state index contributed by atoms with van der Waals surface area (Å²) < 4.78 is 1.60. The van der Waals surface area contributed by atoms with Crippen LogP contribution in [0.25, 0.3) is 11.3 Å². The molecular formula is C16H13ClN4O. The van der Waals surface area contributed by atoms with E-state index in [1.807, 2.05) is 18.2 Å². The van der Waals surface area contributed by atoms with E-state index in [0.29, 0.717) is 22.0 Å². The van der Waals surface area contributed by atoms with Crippen LogP contribution in [0.1, 0.15) is 10.4 Å². The number of benzene rings is 1. The molecule has 0 unspecified atom stereocenters. The van der Waals surface area contributed by atoms with Crippen LogP contribution >= 0.6 is 11.6 Å². The first-order valence-electron chi connectivity index (χ1n) is 6.65. The molecule has 1 aromatic carbocycles. The molecule has 0 aliphatic rings. The van der Waals surface area contributed by atoms with Crippen molar-refractivity contribution in [3.05, 3.63) is 65.6 Å². The molecule has 0 atom stereocenters. The standard InChI is InChI=1S/C16H13ClN4O/c1-21-10-13(16(22)19-11-6-8-18-9-7-11)15(20-21)12-4-2-3-5-14(12)17/h2-10H,1H3,(H,18,19,22). The van der Waals surface area contributed by atoms with Gasteiger partial charge in [-0.25, -0.2) is 0 Å². The minimum Gasteiger partial charge on any atom is -0.322 e. The third kappa shape index (κ3) is 2.84. The fraction of sp³-hybridized carbons (Fsp3) is 0.0625. The van der Waals surface area contributed by atoms with Crippen LogP contribution in [0.5, 0.6) is 0 Å². The molecule has 0 saturated carbocycles. The minimum absolute atomic E-state index is 0.241. The monoisotopic (exact) mass is 312 g/mol. The molecule has 0 bridgehead atoms. The first kappa shape index (κ1) is 14.3. The highest BCUT2D eigenvalue weighted by molar-refractivity contribution is 6.33. The van der Waals surface area contributed by atoms with E-state index in [1.165, 1.54) is 0 Å². The normalized spacial score (nSPS) is 10.5. The highest BCUT2D eigenvalue weighted by atomic mass is 35.5. The smallest absolute Gasteiger partial charge is 0.259 e. The molecule has 6 heteroatoms. The number of pyridine rings is 1. The molecule has 5 nitrogen and oxygen atoms in total. The zero-order chi connectivity index (χ0) is 15.5.